The molecule has 2 fully saturated rings. The van der Waals surface area contributed by atoms with Gasteiger partial charge in [0, 0.05) is 68.3 Å². The molecule has 1 atom stereocenters. The first kappa shape index (κ1) is 31.0. The summed E-state index contributed by atoms with van der Waals surface area (Å²) < 4.78 is 0. The summed E-state index contributed by atoms with van der Waals surface area (Å²) in [7, 11) is 2.25. The molecule has 2 aromatic carbocycles. The van der Waals surface area contributed by atoms with Crippen LogP contribution in [0.2, 0.25) is 0 Å². The number of fused-ring (bicyclic) bond motifs is 2. The van der Waals surface area contributed by atoms with E-state index in [1.165, 1.54) is 84.4 Å². The van der Waals surface area contributed by atoms with E-state index in [4.69, 9.17) is 6.58 Å². The van der Waals surface area contributed by atoms with Crippen LogP contribution in [-0.4, -0.2) is 49.6 Å². The molecule has 3 aliphatic rings. The second-order valence-corrected chi connectivity index (χ2v) is 12.9. The third-order valence-electron chi connectivity index (χ3n) is 10.1. The van der Waals surface area contributed by atoms with E-state index in [0.717, 1.165) is 50.2 Å². The highest BCUT2D eigenvalue weighted by Gasteiger charge is 2.28. The SMILES string of the molecule is C=Cc1ccc2c(c1)N(C)C/C(C(=C)N1CCC(C(=C)N3CCCC3)CC1)=C\c1ccccc1/C=C/2C(CC)CCCC. The van der Waals surface area contributed by atoms with Crippen molar-refractivity contribution in [3.8, 4) is 0 Å². The molecule has 3 heteroatoms. The number of unbranched alkanes of at least 4 members (excludes halogenated alkanes) is 1. The summed E-state index contributed by atoms with van der Waals surface area (Å²) in [5.74, 6) is 1.11. The lowest BCUT2D eigenvalue weighted by atomic mass is 9.83. The molecule has 2 saturated heterocycles. The molecule has 228 valence electrons. The zero-order valence-corrected chi connectivity index (χ0v) is 27.1. The Morgan fingerprint density at radius 2 is 1.63 bits per heavy atom. The maximum atomic E-state index is 4.73. The fourth-order valence-electron chi connectivity index (χ4n) is 7.32. The van der Waals surface area contributed by atoms with Crippen molar-refractivity contribution in [2.24, 2.45) is 11.8 Å². The Morgan fingerprint density at radius 3 is 2.28 bits per heavy atom. The van der Waals surface area contributed by atoms with Gasteiger partial charge >= 0.3 is 0 Å². The number of nitrogens with zero attached hydrogens (tertiary/aromatic N) is 3. The van der Waals surface area contributed by atoms with Crippen molar-refractivity contribution in [1.82, 2.24) is 9.80 Å². The van der Waals surface area contributed by atoms with Crippen LogP contribution in [0.4, 0.5) is 5.69 Å². The fourth-order valence-corrected chi connectivity index (χ4v) is 7.32. The standard InChI is InChI=1S/C40H53N3/c1-7-10-15-33(9-3)39-28-36-17-12-11-16-35(36)27-37(29-41(6)40-26-32(8-2)18-19-38(39)40)31(5)43-24-20-34(21-25-43)30(4)42-22-13-14-23-42/h8,11-12,16-19,26-28,33-34H,2,4-5,7,9-10,13-15,20-25,29H2,1,3,6H3/b37-27+,39-28+. The topological polar surface area (TPSA) is 9.72 Å². The quantitative estimate of drug-likeness (QED) is 0.279. The van der Waals surface area contributed by atoms with E-state index < -0.39 is 0 Å². The highest BCUT2D eigenvalue weighted by atomic mass is 15.2. The van der Waals surface area contributed by atoms with Gasteiger partial charge in [0.05, 0.1) is 0 Å². The molecule has 0 saturated carbocycles. The molecule has 2 aromatic rings. The first-order valence-corrected chi connectivity index (χ1v) is 16.8. The third kappa shape index (κ3) is 7.03. The average Bonchev–Trinajstić information content (AvgIpc) is 3.59. The largest absolute Gasteiger partial charge is 0.375 e. The minimum Gasteiger partial charge on any atom is -0.375 e. The van der Waals surface area contributed by atoms with Crippen molar-refractivity contribution < 1.29 is 0 Å². The maximum absolute atomic E-state index is 4.73. The van der Waals surface area contributed by atoms with E-state index in [9.17, 15) is 0 Å². The van der Waals surface area contributed by atoms with E-state index >= 15 is 0 Å². The van der Waals surface area contributed by atoms with Crippen molar-refractivity contribution in [3.05, 3.63) is 101 Å². The Kier molecular flexibility index (Phi) is 10.3. The summed E-state index contributed by atoms with van der Waals surface area (Å²) in [6.45, 7) is 23.3. The molecule has 5 rings (SSSR count). The van der Waals surface area contributed by atoms with Gasteiger partial charge < -0.3 is 14.7 Å². The summed E-state index contributed by atoms with van der Waals surface area (Å²) >= 11 is 0. The molecule has 3 aliphatic heterocycles. The van der Waals surface area contributed by atoms with Crippen LogP contribution >= 0.6 is 0 Å². The molecular weight excluding hydrogens is 522 g/mol. The van der Waals surface area contributed by atoms with Crippen LogP contribution in [0.1, 0.15) is 87.5 Å². The predicted octanol–water partition coefficient (Wildman–Crippen LogP) is 9.75. The first-order chi connectivity index (χ1) is 20.9. The summed E-state index contributed by atoms with van der Waals surface area (Å²) in [4.78, 5) is 7.50. The lowest BCUT2D eigenvalue weighted by Crippen LogP contribution is -2.37. The first-order valence-electron chi connectivity index (χ1n) is 16.8. The van der Waals surface area contributed by atoms with Gasteiger partial charge in [-0.25, -0.2) is 0 Å². The molecule has 0 spiro atoms. The Balaban J connectivity index is 1.50. The molecule has 3 nitrogen and oxygen atoms in total. The number of hydrogen-bond donors (Lipinski definition) is 0. The van der Waals surface area contributed by atoms with Crippen LogP contribution < -0.4 is 4.90 Å². The third-order valence-corrected chi connectivity index (χ3v) is 10.1. The van der Waals surface area contributed by atoms with Crippen LogP contribution in [0.5, 0.6) is 0 Å². The Hall–Kier alpha value is -3.46. The zero-order valence-electron chi connectivity index (χ0n) is 27.1. The molecule has 0 aliphatic carbocycles. The summed E-state index contributed by atoms with van der Waals surface area (Å²) in [5.41, 5.74) is 11.6. The molecule has 1 unspecified atom stereocenters. The number of rotatable bonds is 10. The van der Waals surface area contributed by atoms with Gasteiger partial charge in [-0.1, -0.05) is 95.0 Å². The van der Waals surface area contributed by atoms with Crippen molar-refractivity contribution in [3.63, 3.8) is 0 Å². The molecule has 0 radical (unpaired) electrons. The minimum absolute atomic E-state index is 0.518. The highest BCUT2D eigenvalue weighted by molar-refractivity contribution is 5.91. The average molecular weight is 576 g/mol. The number of likely N-dealkylation sites (tertiary alicyclic amines) is 2. The highest BCUT2D eigenvalue weighted by Crippen LogP contribution is 2.40. The molecule has 0 aromatic heterocycles. The molecular formula is C40H53N3. The van der Waals surface area contributed by atoms with E-state index in [1.54, 1.807) is 0 Å². The monoisotopic (exact) mass is 575 g/mol. The van der Waals surface area contributed by atoms with Gasteiger partial charge in [-0.05, 0) is 84.4 Å². The Labute approximate surface area is 262 Å². The normalized spacial score (nSPS) is 20.8. The summed E-state index contributed by atoms with van der Waals surface area (Å²) in [5, 5.41) is 0. The van der Waals surface area contributed by atoms with Crippen LogP contribution in [0.25, 0.3) is 23.8 Å². The van der Waals surface area contributed by atoms with Gasteiger partial charge in [0.1, 0.15) is 0 Å². The number of likely N-dealkylation sites (N-methyl/N-ethyl adjacent to an activating group) is 1. The number of benzene rings is 2. The number of hydrogen-bond acceptors (Lipinski definition) is 3. The van der Waals surface area contributed by atoms with Gasteiger partial charge in [-0.3, -0.25) is 0 Å². The van der Waals surface area contributed by atoms with E-state index in [1.807, 2.05) is 6.08 Å². The fraction of sp³-hybridized carbons (Fsp3) is 0.450. The second kappa shape index (κ2) is 14.3. The van der Waals surface area contributed by atoms with Crippen molar-refractivity contribution >= 4 is 29.5 Å². The van der Waals surface area contributed by atoms with E-state index in [-0.39, 0.29) is 0 Å². The Morgan fingerprint density at radius 1 is 0.930 bits per heavy atom. The zero-order chi connectivity index (χ0) is 30.3. The van der Waals surface area contributed by atoms with Crippen LogP contribution in [0.3, 0.4) is 0 Å². The van der Waals surface area contributed by atoms with Crippen molar-refractivity contribution in [2.75, 3.05) is 44.7 Å². The van der Waals surface area contributed by atoms with Crippen molar-refractivity contribution in [2.45, 2.75) is 65.2 Å². The molecule has 0 N–H and O–H groups in total. The molecule has 0 amide bonds. The molecule has 0 bridgehead atoms. The molecule has 43 heavy (non-hydrogen) atoms. The second-order valence-electron chi connectivity index (χ2n) is 12.9. The van der Waals surface area contributed by atoms with E-state index in [2.05, 4.69) is 103 Å². The summed E-state index contributed by atoms with van der Waals surface area (Å²) in [6.07, 6.45) is 16.6. The number of anilines is 1. The van der Waals surface area contributed by atoms with Gasteiger partial charge in [0.15, 0.2) is 0 Å². The van der Waals surface area contributed by atoms with Crippen LogP contribution in [0, 0.1) is 11.8 Å². The van der Waals surface area contributed by atoms with Gasteiger partial charge in [-0.15, -0.1) is 0 Å². The van der Waals surface area contributed by atoms with Gasteiger partial charge in [0.25, 0.3) is 0 Å². The minimum atomic E-state index is 0.518. The summed E-state index contributed by atoms with van der Waals surface area (Å²) in [6, 6.07) is 15.8. The lowest BCUT2D eigenvalue weighted by molar-refractivity contribution is 0.222. The van der Waals surface area contributed by atoms with E-state index in [0.29, 0.717) is 11.8 Å². The van der Waals surface area contributed by atoms with Gasteiger partial charge in [-0.2, -0.15) is 0 Å². The maximum Gasteiger partial charge on any atom is 0.0449 e. The van der Waals surface area contributed by atoms with Crippen LogP contribution in [-0.2, 0) is 0 Å². The predicted molar refractivity (Wildman–Crippen MR) is 189 cm³/mol. The molecule has 3 heterocycles. The Bertz CT molecular complexity index is 1360. The van der Waals surface area contributed by atoms with Gasteiger partial charge in [0.2, 0.25) is 0 Å². The smallest absolute Gasteiger partial charge is 0.0449 e. The van der Waals surface area contributed by atoms with Crippen molar-refractivity contribution in [1.29, 1.82) is 0 Å². The van der Waals surface area contributed by atoms with Crippen LogP contribution in [0.15, 0.2) is 79.2 Å². The number of allylic oxidation sites excluding steroid dienone is 2. The lowest BCUT2D eigenvalue weighted by Gasteiger charge is -2.39. The number of piperidine rings is 1.